The molecule has 2 bridgehead atoms. The molecule has 12 nitrogen and oxygen atoms in total. The molecule has 1 amide bonds. The molecule has 4 aromatic rings. The van der Waals surface area contributed by atoms with Crippen molar-refractivity contribution in [3.8, 4) is 35.5 Å². The van der Waals surface area contributed by atoms with Gasteiger partial charge in [0.1, 0.15) is 47.6 Å². The van der Waals surface area contributed by atoms with Crippen LogP contribution in [0.1, 0.15) is 57.9 Å². The Kier molecular flexibility index (Phi) is 8.64. The molecule has 4 fully saturated rings. The number of piperazine rings is 1. The van der Waals surface area contributed by atoms with Crippen molar-refractivity contribution < 1.29 is 41.7 Å². The number of esters is 1. The molecule has 0 aliphatic carbocycles. The predicted octanol–water partition coefficient (Wildman–Crippen LogP) is 5.91. The fourth-order valence-electron chi connectivity index (χ4n) is 9.43. The van der Waals surface area contributed by atoms with Crippen molar-refractivity contribution in [2.45, 2.75) is 88.5 Å². The van der Waals surface area contributed by atoms with Crippen LogP contribution >= 0.6 is 0 Å². The maximum atomic E-state index is 17.3. The van der Waals surface area contributed by atoms with Crippen LogP contribution in [0, 0.1) is 24.0 Å². The first kappa shape index (κ1) is 35.3. The second-order valence-electron chi connectivity index (χ2n) is 15.0. The average Bonchev–Trinajstić information content (AvgIpc) is 3.78. The van der Waals surface area contributed by atoms with Gasteiger partial charge in [-0.05, 0) is 43.7 Å². The minimum Gasteiger partial charge on any atom is -0.475 e. The van der Waals surface area contributed by atoms with E-state index in [-0.39, 0.29) is 65.3 Å². The standard InChI is InChI=1S/C40H39F3N6O6/c1-4-25-27(42)12-10-22-8-6-9-26(31(22)25)34-33(43)35-32-36(46-38(45-35)53-20-40-14-7-15-47(40)17-23(41)16-40)48-18-24-11-13-28(29(48)19-52-37(32)44-34)49(24)39(51)55-21(3)54-30(50)5-2/h1,6,8-10,12,21,23-24,28-29H,5,7,11,13-20H2,2-3H3/t21?,23-,24?,28?,29?,40+/m1/s1. The molecule has 9 rings (SSSR count). The third kappa shape index (κ3) is 5.75. The summed E-state index contributed by atoms with van der Waals surface area (Å²) in [5.74, 6) is 0.874. The zero-order chi connectivity index (χ0) is 38.2. The Hall–Kier alpha value is -5.36. The lowest BCUT2D eigenvalue weighted by Gasteiger charge is -2.46. The van der Waals surface area contributed by atoms with Gasteiger partial charge in [-0.3, -0.25) is 14.6 Å². The highest BCUT2D eigenvalue weighted by Gasteiger charge is 2.52. The number of hydrogen-bond donors (Lipinski definition) is 0. The molecule has 2 aromatic heterocycles. The normalized spacial score (nSPS) is 25.9. The van der Waals surface area contributed by atoms with Crippen LogP contribution in [-0.4, -0.2) is 106 Å². The number of alkyl halides is 1. The molecule has 2 aromatic carbocycles. The van der Waals surface area contributed by atoms with Gasteiger partial charge in [-0.2, -0.15) is 9.97 Å². The predicted molar refractivity (Wildman–Crippen MR) is 194 cm³/mol. The highest BCUT2D eigenvalue weighted by molar-refractivity contribution is 6.03. The van der Waals surface area contributed by atoms with Crippen molar-refractivity contribution in [3.63, 3.8) is 0 Å². The number of pyridine rings is 1. The lowest BCUT2D eigenvalue weighted by Crippen LogP contribution is -2.63. The molecule has 0 spiro atoms. The van der Waals surface area contributed by atoms with Gasteiger partial charge in [-0.25, -0.2) is 22.9 Å². The van der Waals surface area contributed by atoms with Crippen LogP contribution < -0.4 is 14.4 Å². The fraction of sp³-hybridized carbons (Fsp3) is 0.475. The second kappa shape index (κ2) is 13.4. The zero-order valence-electron chi connectivity index (χ0n) is 30.4. The molecule has 0 N–H and O–H groups in total. The van der Waals surface area contributed by atoms with Crippen LogP contribution in [0.15, 0.2) is 30.3 Å². The van der Waals surface area contributed by atoms with Crippen LogP contribution in [0.3, 0.4) is 0 Å². The number of terminal acetylenes is 1. The molecular formula is C40H39F3N6O6. The number of nitrogens with zero attached hydrogens (tertiary/aromatic N) is 6. The number of amides is 1. The first-order valence-electron chi connectivity index (χ1n) is 18.8. The first-order valence-corrected chi connectivity index (χ1v) is 18.8. The molecular weight excluding hydrogens is 717 g/mol. The molecule has 4 saturated heterocycles. The Balaban J connectivity index is 1.15. The highest BCUT2D eigenvalue weighted by Crippen LogP contribution is 2.46. The number of aromatic nitrogens is 3. The van der Waals surface area contributed by atoms with Gasteiger partial charge in [0.25, 0.3) is 0 Å². The number of hydrogen-bond acceptors (Lipinski definition) is 11. The Labute approximate surface area is 314 Å². The maximum absolute atomic E-state index is 17.3. The van der Waals surface area contributed by atoms with E-state index < -0.39 is 53.8 Å². The molecule has 5 aliphatic heterocycles. The lowest BCUT2D eigenvalue weighted by atomic mass is 9.95. The molecule has 6 atom stereocenters. The van der Waals surface area contributed by atoms with Crippen LogP contribution in [0.2, 0.25) is 0 Å². The molecule has 286 valence electrons. The van der Waals surface area contributed by atoms with Gasteiger partial charge in [0.15, 0.2) is 5.82 Å². The van der Waals surface area contributed by atoms with E-state index in [2.05, 4.69) is 15.8 Å². The van der Waals surface area contributed by atoms with Crippen LogP contribution in [0.4, 0.5) is 23.8 Å². The molecule has 4 unspecified atom stereocenters. The SMILES string of the molecule is C#Cc1c(F)ccc2cccc(-c3nc4c5c(nc(OC[C@@]67CCCN6C[C@H](F)C7)nc5c3F)N3CC5CCC(C3CO4)N5C(=O)OC(C)OC(=O)CC)c12. The van der Waals surface area contributed by atoms with Crippen molar-refractivity contribution in [1.29, 1.82) is 0 Å². The summed E-state index contributed by atoms with van der Waals surface area (Å²) in [5, 5.41) is 1.13. The topological polar surface area (TPSA) is 119 Å². The van der Waals surface area contributed by atoms with E-state index in [9.17, 15) is 14.0 Å². The number of anilines is 1. The van der Waals surface area contributed by atoms with Gasteiger partial charge < -0.3 is 23.8 Å². The summed E-state index contributed by atoms with van der Waals surface area (Å²) in [6.45, 7) is 4.69. The highest BCUT2D eigenvalue weighted by atomic mass is 19.1. The summed E-state index contributed by atoms with van der Waals surface area (Å²) in [6, 6.07) is 6.64. The lowest BCUT2D eigenvalue weighted by molar-refractivity contribution is -0.166. The van der Waals surface area contributed by atoms with Crippen LogP contribution in [0.5, 0.6) is 11.9 Å². The van der Waals surface area contributed by atoms with Gasteiger partial charge >= 0.3 is 18.1 Å². The zero-order valence-corrected chi connectivity index (χ0v) is 30.4. The second-order valence-corrected chi connectivity index (χ2v) is 15.0. The third-order valence-corrected chi connectivity index (χ3v) is 11.9. The van der Waals surface area contributed by atoms with Gasteiger partial charge in [0.2, 0.25) is 12.2 Å². The monoisotopic (exact) mass is 756 g/mol. The summed E-state index contributed by atoms with van der Waals surface area (Å²) in [7, 11) is 0. The van der Waals surface area contributed by atoms with E-state index in [1.807, 2.05) is 4.90 Å². The molecule has 15 heteroatoms. The fourth-order valence-corrected chi connectivity index (χ4v) is 9.43. The van der Waals surface area contributed by atoms with Gasteiger partial charge in [-0.1, -0.05) is 37.1 Å². The van der Waals surface area contributed by atoms with E-state index in [0.29, 0.717) is 48.9 Å². The summed E-state index contributed by atoms with van der Waals surface area (Å²) in [5.41, 5.74) is -0.565. The average molecular weight is 757 g/mol. The molecule has 55 heavy (non-hydrogen) atoms. The number of fused-ring (bicyclic) bond motifs is 7. The Morgan fingerprint density at radius 2 is 1.95 bits per heavy atom. The smallest absolute Gasteiger partial charge is 0.413 e. The van der Waals surface area contributed by atoms with Crippen LogP contribution in [0.25, 0.3) is 32.9 Å². The van der Waals surface area contributed by atoms with Gasteiger partial charge in [-0.15, -0.1) is 6.42 Å². The number of ether oxygens (including phenoxy) is 4. The van der Waals surface area contributed by atoms with E-state index >= 15 is 8.78 Å². The maximum Gasteiger partial charge on any atom is 0.413 e. The minimum absolute atomic E-state index is 0.0319. The number of benzene rings is 2. The molecule has 0 radical (unpaired) electrons. The Morgan fingerprint density at radius 1 is 1.09 bits per heavy atom. The van der Waals surface area contributed by atoms with Crippen molar-refractivity contribution in [2.75, 3.05) is 37.7 Å². The van der Waals surface area contributed by atoms with E-state index in [0.717, 1.165) is 19.4 Å². The summed E-state index contributed by atoms with van der Waals surface area (Å²) >= 11 is 0. The first-order chi connectivity index (χ1) is 26.6. The van der Waals surface area contributed by atoms with Crippen molar-refractivity contribution in [2.24, 2.45) is 0 Å². The van der Waals surface area contributed by atoms with Crippen molar-refractivity contribution >= 4 is 39.6 Å². The minimum atomic E-state index is -1.08. The quantitative estimate of drug-likeness (QED) is 0.127. The summed E-state index contributed by atoms with van der Waals surface area (Å²) in [4.78, 5) is 45.5. The van der Waals surface area contributed by atoms with E-state index in [1.165, 1.54) is 13.0 Å². The van der Waals surface area contributed by atoms with E-state index in [1.54, 1.807) is 36.1 Å². The largest absolute Gasteiger partial charge is 0.475 e. The number of carbonyl (C=O) groups is 2. The number of rotatable bonds is 7. The number of halogens is 3. The van der Waals surface area contributed by atoms with Crippen LogP contribution in [-0.2, 0) is 14.3 Å². The Bertz CT molecular complexity index is 2290. The van der Waals surface area contributed by atoms with Crippen molar-refractivity contribution in [1.82, 2.24) is 24.8 Å². The third-order valence-electron chi connectivity index (χ3n) is 11.9. The van der Waals surface area contributed by atoms with Gasteiger partial charge in [0, 0.05) is 43.8 Å². The summed E-state index contributed by atoms with van der Waals surface area (Å²) in [6.07, 6.45) is 6.49. The number of carbonyl (C=O) groups excluding carboxylic acids is 2. The molecule has 5 aliphatic rings. The van der Waals surface area contributed by atoms with Gasteiger partial charge in [0.05, 0.1) is 29.2 Å². The molecule has 0 saturated carbocycles. The molecule has 7 heterocycles. The Morgan fingerprint density at radius 3 is 2.76 bits per heavy atom. The van der Waals surface area contributed by atoms with Crippen molar-refractivity contribution in [3.05, 3.63) is 47.5 Å². The summed E-state index contributed by atoms with van der Waals surface area (Å²) < 4.78 is 70.5. The van der Waals surface area contributed by atoms with E-state index in [4.69, 9.17) is 35.3 Å².